The van der Waals surface area contributed by atoms with Gasteiger partial charge in [0.1, 0.15) is 5.82 Å². The molecule has 1 aromatic carbocycles. The van der Waals surface area contributed by atoms with Crippen LogP contribution in [0.25, 0.3) is 0 Å². The van der Waals surface area contributed by atoms with E-state index < -0.39 is 0 Å². The zero-order valence-electron chi connectivity index (χ0n) is 9.97. The third-order valence-corrected chi connectivity index (χ3v) is 4.90. The van der Waals surface area contributed by atoms with E-state index in [9.17, 15) is 4.79 Å². The number of fused-ring (bicyclic) bond motifs is 1. The highest BCUT2D eigenvalue weighted by Gasteiger charge is 2.28. The molecule has 2 aromatic rings. The number of rotatable bonds is 2. The summed E-state index contributed by atoms with van der Waals surface area (Å²) in [6, 6.07) is 11.8. The molecular weight excluding hydrogens is 324 g/mol. The Kier molecular flexibility index (Phi) is 3.57. The molecule has 0 spiro atoms. The first-order valence-electron chi connectivity index (χ1n) is 5.90. The van der Waals surface area contributed by atoms with Gasteiger partial charge in [0.05, 0.1) is 9.72 Å². The number of thioether (sulfide) groups is 1. The minimum atomic E-state index is -0.0775. The fraction of sp³-hybridized carbons (Fsp3) is 0.143. The summed E-state index contributed by atoms with van der Waals surface area (Å²) in [4.78, 5) is 17.6. The van der Waals surface area contributed by atoms with Crippen LogP contribution in [0.1, 0.15) is 5.56 Å². The van der Waals surface area contributed by atoms with Crippen LogP contribution in [-0.2, 0) is 11.2 Å². The first kappa shape index (κ1) is 12.7. The van der Waals surface area contributed by atoms with Crippen molar-refractivity contribution in [3.63, 3.8) is 0 Å². The van der Waals surface area contributed by atoms with Gasteiger partial charge < -0.3 is 5.32 Å². The van der Waals surface area contributed by atoms with Gasteiger partial charge in [0.15, 0.2) is 0 Å². The average Bonchev–Trinajstić information content (AvgIpc) is 2.85. The molecule has 0 fully saturated rings. The second-order valence-electron chi connectivity index (χ2n) is 4.24. The van der Waals surface area contributed by atoms with Crippen LogP contribution in [0, 0.1) is 0 Å². The lowest BCUT2D eigenvalue weighted by Gasteiger charge is -2.10. The number of carbonyl (C=O) groups is 1. The molecule has 0 saturated carbocycles. The third kappa shape index (κ3) is 2.67. The van der Waals surface area contributed by atoms with E-state index in [0.717, 1.165) is 10.9 Å². The molecule has 0 saturated heterocycles. The van der Waals surface area contributed by atoms with Crippen LogP contribution in [-0.4, -0.2) is 16.1 Å². The van der Waals surface area contributed by atoms with Crippen LogP contribution in [0.15, 0.2) is 52.0 Å². The number of benzene rings is 1. The molecular formula is C14H11BrN2OS. The minimum Gasteiger partial charge on any atom is -0.309 e. The molecule has 1 aromatic heterocycles. The maximum atomic E-state index is 12.2. The maximum Gasteiger partial charge on any atom is 0.239 e. The van der Waals surface area contributed by atoms with Gasteiger partial charge in [-0.2, -0.15) is 0 Å². The Morgan fingerprint density at radius 2 is 2.16 bits per heavy atom. The summed E-state index contributed by atoms with van der Waals surface area (Å²) in [7, 11) is 0. The minimum absolute atomic E-state index is 0.000556. The van der Waals surface area contributed by atoms with Gasteiger partial charge in [-0.15, -0.1) is 11.8 Å². The molecule has 96 valence electrons. The van der Waals surface area contributed by atoms with Gasteiger partial charge in [-0.3, -0.25) is 4.79 Å². The summed E-state index contributed by atoms with van der Waals surface area (Å²) in [5.41, 5.74) is 1.24. The van der Waals surface area contributed by atoms with Crippen molar-refractivity contribution in [1.82, 2.24) is 4.98 Å². The molecule has 1 N–H and O–H groups in total. The summed E-state index contributed by atoms with van der Waals surface area (Å²) in [6.45, 7) is 0. The summed E-state index contributed by atoms with van der Waals surface area (Å²) in [6.07, 6.45) is 2.44. The molecule has 1 amide bonds. The van der Waals surface area contributed by atoms with Gasteiger partial charge in [-0.25, -0.2) is 4.98 Å². The van der Waals surface area contributed by atoms with Gasteiger partial charge in [-0.1, -0.05) is 18.2 Å². The quantitative estimate of drug-likeness (QED) is 0.913. The normalized spacial score (nSPS) is 17.0. The standard InChI is InChI=1S/C14H11BrN2OS/c15-10-5-3-7-16-13(10)17-14(18)12-8-9-4-1-2-6-11(9)19-12/h1-7,12H,8H2,(H,16,17,18). The van der Waals surface area contributed by atoms with Gasteiger partial charge in [0.25, 0.3) is 0 Å². The summed E-state index contributed by atoms with van der Waals surface area (Å²) in [5, 5.41) is 2.79. The van der Waals surface area contributed by atoms with Gasteiger partial charge in [0, 0.05) is 11.1 Å². The Bertz CT molecular complexity index is 607. The van der Waals surface area contributed by atoms with Gasteiger partial charge in [0.2, 0.25) is 5.91 Å². The third-order valence-electron chi connectivity index (χ3n) is 2.94. The molecule has 1 aliphatic heterocycles. The lowest BCUT2D eigenvalue weighted by molar-refractivity contribution is -0.115. The highest BCUT2D eigenvalue weighted by Crippen LogP contribution is 2.37. The summed E-state index contributed by atoms with van der Waals surface area (Å²) in [5.74, 6) is 0.574. The Morgan fingerprint density at radius 1 is 1.32 bits per heavy atom. The molecule has 0 bridgehead atoms. The van der Waals surface area contributed by atoms with Crippen molar-refractivity contribution in [1.29, 1.82) is 0 Å². The van der Waals surface area contributed by atoms with E-state index >= 15 is 0 Å². The Hall–Kier alpha value is -1.33. The molecule has 3 rings (SSSR count). The predicted octanol–water partition coefficient (Wildman–Crippen LogP) is 3.50. The molecule has 1 atom stereocenters. The zero-order valence-corrected chi connectivity index (χ0v) is 12.4. The molecule has 0 radical (unpaired) electrons. The molecule has 0 aliphatic carbocycles. The number of aromatic nitrogens is 1. The van der Waals surface area contributed by atoms with Crippen molar-refractivity contribution < 1.29 is 4.79 Å². The first-order valence-corrected chi connectivity index (χ1v) is 7.57. The number of nitrogens with one attached hydrogen (secondary N) is 1. The molecule has 19 heavy (non-hydrogen) atoms. The highest BCUT2D eigenvalue weighted by atomic mass is 79.9. The highest BCUT2D eigenvalue weighted by molar-refractivity contribution is 9.10. The van der Waals surface area contributed by atoms with Crippen LogP contribution < -0.4 is 5.32 Å². The number of carbonyl (C=O) groups excluding carboxylic acids is 1. The molecule has 5 heteroatoms. The fourth-order valence-corrected chi connectivity index (χ4v) is 3.55. The van der Waals surface area contributed by atoms with Crippen LogP contribution in [0.4, 0.5) is 5.82 Å². The Morgan fingerprint density at radius 3 is 2.95 bits per heavy atom. The molecule has 3 nitrogen and oxygen atoms in total. The van der Waals surface area contributed by atoms with Crippen molar-refractivity contribution >= 4 is 39.4 Å². The Labute approximate surface area is 123 Å². The van der Waals surface area contributed by atoms with Crippen molar-refractivity contribution in [2.24, 2.45) is 0 Å². The lowest BCUT2D eigenvalue weighted by Crippen LogP contribution is -2.25. The summed E-state index contributed by atoms with van der Waals surface area (Å²) >= 11 is 4.99. The number of pyridine rings is 1. The van der Waals surface area contributed by atoms with E-state index in [0.29, 0.717) is 5.82 Å². The predicted molar refractivity (Wildman–Crippen MR) is 80.4 cm³/mol. The molecule has 1 aliphatic rings. The largest absolute Gasteiger partial charge is 0.309 e. The number of hydrogen-bond acceptors (Lipinski definition) is 3. The van der Waals surface area contributed by atoms with Crippen molar-refractivity contribution in [2.75, 3.05) is 5.32 Å². The first-order chi connectivity index (χ1) is 9.24. The van der Waals surface area contributed by atoms with Crippen molar-refractivity contribution in [3.8, 4) is 0 Å². The van der Waals surface area contributed by atoms with E-state index in [4.69, 9.17) is 0 Å². The van der Waals surface area contributed by atoms with Crippen LogP contribution in [0.2, 0.25) is 0 Å². The number of anilines is 1. The van der Waals surface area contributed by atoms with Crippen LogP contribution >= 0.6 is 27.7 Å². The fourth-order valence-electron chi connectivity index (χ4n) is 2.00. The van der Waals surface area contributed by atoms with Crippen molar-refractivity contribution in [3.05, 3.63) is 52.6 Å². The van der Waals surface area contributed by atoms with E-state index in [-0.39, 0.29) is 11.2 Å². The number of amides is 1. The molecule has 2 heterocycles. The smallest absolute Gasteiger partial charge is 0.239 e. The Balaban J connectivity index is 1.72. The van der Waals surface area contributed by atoms with Crippen LogP contribution in [0.3, 0.4) is 0 Å². The second kappa shape index (κ2) is 5.35. The van der Waals surface area contributed by atoms with Crippen LogP contribution in [0.5, 0.6) is 0 Å². The summed E-state index contributed by atoms with van der Waals surface area (Å²) < 4.78 is 0.795. The monoisotopic (exact) mass is 334 g/mol. The lowest BCUT2D eigenvalue weighted by atomic mass is 10.1. The topological polar surface area (TPSA) is 42.0 Å². The average molecular weight is 335 g/mol. The second-order valence-corrected chi connectivity index (χ2v) is 6.34. The maximum absolute atomic E-state index is 12.2. The molecule has 1 unspecified atom stereocenters. The van der Waals surface area contributed by atoms with Gasteiger partial charge >= 0.3 is 0 Å². The SMILES string of the molecule is O=C(Nc1ncccc1Br)C1Cc2ccccc2S1. The van der Waals surface area contributed by atoms with Crippen molar-refractivity contribution in [2.45, 2.75) is 16.6 Å². The van der Waals surface area contributed by atoms with E-state index in [1.165, 1.54) is 10.5 Å². The number of hydrogen-bond donors (Lipinski definition) is 1. The van der Waals surface area contributed by atoms with E-state index in [1.54, 1.807) is 18.0 Å². The number of halogens is 1. The van der Waals surface area contributed by atoms with E-state index in [2.05, 4.69) is 38.4 Å². The van der Waals surface area contributed by atoms with Gasteiger partial charge in [-0.05, 0) is 46.1 Å². The van der Waals surface area contributed by atoms with E-state index in [1.807, 2.05) is 24.3 Å². The zero-order chi connectivity index (χ0) is 13.2. The number of nitrogens with zero attached hydrogens (tertiary/aromatic N) is 1.